The molecule has 0 saturated carbocycles. The Bertz CT molecular complexity index is 341. The summed E-state index contributed by atoms with van der Waals surface area (Å²) in [6, 6.07) is 0. The molecule has 1 amide bonds. The van der Waals surface area contributed by atoms with E-state index in [1.54, 1.807) is 6.92 Å². The third-order valence-electron chi connectivity index (χ3n) is 1.72. The van der Waals surface area contributed by atoms with Crippen LogP contribution in [0.1, 0.15) is 16.2 Å². The number of hydrogen-bond donors (Lipinski definition) is 0. The van der Waals surface area contributed by atoms with Gasteiger partial charge in [-0.3, -0.25) is 0 Å². The van der Waals surface area contributed by atoms with Crippen molar-refractivity contribution in [2.45, 2.75) is 13.5 Å². The van der Waals surface area contributed by atoms with E-state index in [1.165, 1.54) is 11.6 Å². The molecule has 0 aliphatic heterocycles. The number of imidazole rings is 1. The van der Waals surface area contributed by atoms with Gasteiger partial charge in [0.15, 0.2) is 0 Å². The van der Waals surface area contributed by atoms with Gasteiger partial charge in [0.05, 0.1) is 5.91 Å². The predicted octanol–water partition coefficient (Wildman–Crippen LogP) is 0.332. The Morgan fingerprint density at radius 3 is 2.67 bits per heavy atom. The Kier molecular flexibility index (Phi) is 6.67. The molecule has 0 fully saturated rings. The van der Waals surface area contributed by atoms with Crippen molar-refractivity contribution in [1.82, 2.24) is 9.55 Å². The Balaban J connectivity index is 0. The molecule has 0 unspecified atom stereocenters. The summed E-state index contributed by atoms with van der Waals surface area (Å²) in [4.78, 5) is 25.0. The molecule has 0 bridgehead atoms. The molecule has 0 N–H and O–H groups in total. The van der Waals surface area contributed by atoms with Gasteiger partial charge in [-0.05, 0) is 5.69 Å². The van der Waals surface area contributed by atoms with Crippen LogP contribution in [0.15, 0.2) is 0 Å². The van der Waals surface area contributed by atoms with E-state index >= 15 is 0 Å². The van der Waals surface area contributed by atoms with E-state index in [0.29, 0.717) is 17.7 Å². The van der Waals surface area contributed by atoms with Gasteiger partial charge in [0.25, 0.3) is 0 Å². The maximum Gasteiger partial charge on any atom is 0.103 e. The summed E-state index contributed by atoms with van der Waals surface area (Å²) in [5.74, 6) is -0.269. The SMILES string of the molecule is C[N-]C(=O)Cn1[c-]nc(C=O)c1C.[Re].[Rf]. The van der Waals surface area contributed by atoms with Gasteiger partial charge in [-0.1, -0.05) is 6.92 Å². The summed E-state index contributed by atoms with van der Waals surface area (Å²) in [6.45, 7) is 1.79. The van der Waals surface area contributed by atoms with Crippen molar-refractivity contribution in [3.8, 4) is 0 Å². The molecule has 1 heterocycles. The number of carbonyl (C=O) groups excluding carboxylic acids is 2. The molecule has 0 saturated heterocycles. The van der Waals surface area contributed by atoms with Crippen molar-refractivity contribution < 1.29 is 30.0 Å². The molecule has 7 heteroatoms. The van der Waals surface area contributed by atoms with Crippen LogP contribution in [-0.4, -0.2) is 28.8 Å². The second-order valence-electron chi connectivity index (χ2n) is 2.50. The summed E-state index contributed by atoms with van der Waals surface area (Å²) < 4.78 is 1.47. The van der Waals surface area contributed by atoms with Gasteiger partial charge in [0, 0.05) is 33.3 Å². The first kappa shape index (κ1) is 15.5. The average Bonchev–Trinajstić information content (AvgIpc) is 2.48. The number of aromatic nitrogens is 2. The predicted molar refractivity (Wildman–Crippen MR) is 45.5 cm³/mol. The van der Waals surface area contributed by atoms with Crippen LogP contribution in [-0.2, 0) is 31.8 Å². The van der Waals surface area contributed by atoms with E-state index in [1.807, 2.05) is 0 Å². The van der Waals surface area contributed by atoms with Crippen molar-refractivity contribution in [1.29, 1.82) is 0 Å². The van der Waals surface area contributed by atoms with Gasteiger partial charge < -0.3 is 24.5 Å². The summed E-state index contributed by atoms with van der Waals surface area (Å²) in [5.41, 5.74) is 0.941. The maximum atomic E-state index is 10.9. The van der Waals surface area contributed by atoms with E-state index in [4.69, 9.17) is 0 Å². The molecule has 0 aromatic carbocycles. The van der Waals surface area contributed by atoms with E-state index in [0.717, 1.165) is 0 Å². The third-order valence-corrected chi connectivity index (χ3v) is 1.72. The van der Waals surface area contributed by atoms with Crippen LogP contribution < -0.4 is 0 Å². The van der Waals surface area contributed by atoms with Crippen LogP contribution in [0.5, 0.6) is 0 Å². The van der Waals surface area contributed by atoms with Gasteiger partial charge in [-0.15, -0.1) is 12.7 Å². The maximum absolute atomic E-state index is 10.9. The zero-order valence-electron chi connectivity index (χ0n) is 8.53. The number of aldehydes is 1. The smallest absolute Gasteiger partial charge is 0.103 e. The number of amides is 1. The average molecular weight is 632 g/mol. The molecule has 1 aromatic rings. The summed E-state index contributed by atoms with van der Waals surface area (Å²) in [6.07, 6.45) is 3.18. The topological polar surface area (TPSA) is 66.1 Å². The fourth-order valence-electron chi connectivity index (χ4n) is 0.880. The minimum Gasteiger partial charge on any atom is -0.654 e. The molecule has 1 rings (SSSR count). The Labute approximate surface area is 95.5 Å². The first-order valence-electron chi connectivity index (χ1n) is 3.71. The van der Waals surface area contributed by atoms with Gasteiger partial charge in [-0.25, -0.2) is 0 Å². The molecule has 1 radical (unpaired) electrons. The van der Waals surface area contributed by atoms with Crippen LogP contribution in [0, 0.1) is 13.3 Å². The molecule has 0 spiro atoms. The van der Waals surface area contributed by atoms with Crippen LogP contribution in [0.3, 0.4) is 0 Å². The zero-order chi connectivity index (χ0) is 9.84. The minimum absolute atomic E-state index is 0. The molecule has 5 nitrogen and oxygen atoms in total. The fraction of sp³-hybridized carbons (Fsp3) is 0.375. The number of nitrogens with zero attached hydrogens (tertiary/aromatic N) is 3. The van der Waals surface area contributed by atoms with Gasteiger partial charge in [0.2, 0.25) is 0 Å². The van der Waals surface area contributed by atoms with Crippen molar-refractivity contribution in [3.63, 3.8) is 0 Å². The van der Waals surface area contributed by atoms with E-state index in [-0.39, 0.29) is 32.9 Å². The van der Waals surface area contributed by atoms with Crippen molar-refractivity contribution in [2.75, 3.05) is 7.05 Å². The normalized spacial score (nSPS) is 8.40. The van der Waals surface area contributed by atoms with Crippen molar-refractivity contribution in [2.24, 2.45) is 0 Å². The Hall–Kier alpha value is -1.99. The standard InChI is InChI=1S/C8H10N3O2.Re.Rf/c1-6-7(4-12)10-5-11(6)3-8(13)9-2;;/h4H,3H2,1-2H3,(H,9,13);;/q-1;;/p-1. The summed E-state index contributed by atoms with van der Waals surface area (Å²) >= 11 is 0. The van der Waals surface area contributed by atoms with Crippen LogP contribution >= 0.6 is 0 Å². The monoisotopic (exact) mass is 633 g/mol. The Morgan fingerprint density at radius 1 is 1.67 bits per heavy atom. The first-order valence-corrected chi connectivity index (χ1v) is 3.71. The van der Waals surface area contributed by atoms with E-state index in [9.17, 15) is 9.59 Å². The number of likely N-dealkylation sites (N-methyl/N-ethyl adjacent to an activating group) is 1. The quantitative estimate of drug-likeness (QED) is 0.357. The molecule has 15 heavy (non-hydrogen) atoms. The second kappa shape index (κ2) is 6.46. The zero-order valence-corrected chi connectivity index (χ0v) is 17.6. The van der Waals surface area contributed by atoms with Gasteiger partial charge >= 0.3 is 0 Å². The second-order valence-corrected chi connectivity index (χ2v) is 2.50. The third kappa shape index (κ3) is 3.33. The molecule has 0 aliphatic rings. The molecule has 0 atom stereocenters. The van der Waals surface area contributed by atoms with Crippen LogP contribution in [0.4, 0.5) is 0 Å². The van der Waals surface area contributed by atoms with Crippen molar-refractivity contribution in [3.05, 3.63) is 23.0 Å². The minimum atomic E-state index is -0.269. The van der Waals surface area contributed by atoms with Gasteiger partial charge in [-0.2, -0.15) is 0 Å². The molecule has 79 valence electrons. The summed E-state index contributed by atoms with van der Waals surface area (Å²) in [5, 5.41) is 3.46. The Morgan fingerprint density at radius 2 is 2.27 bits per heavy atom. The fourth-order valence-corrected chi connectivity index (χ4v) is 0.880. The van der Waals surface area contributed by atoms with Crippen LogP contribution in [0.25, 0.3) is 5.32 Å². The molecule has 1 aromatic heterocycles. The molecular formula is C8H9N3O2ReRf-2. The first-order chi connectivity index (χ1) is 6.19. The van der Waals surface area contributed by atoms with E-state index < -0.39 is 0 Å². The molecule has 0 aliphatic carbocycles. The number of rotatable bonds is 3. The van der Waals surface area contributed by atoms with Crippen molar-refractivity contribution >= 4 is 12.2 Å². The van der Waals surface area contributed by atoms with Gasteiger partial charge in [0.1, 0.15) is 6.29 Å². The largest absolute Gasteiger partial charge is 0.654 e. The summed E-state index contributed by atoms with van der Waals surface area (Å²) in [7, 11) is 1.43. The number of hydrogen-bond acceptors (Lipinski definition) is 3. The van der Waals surface area contributed by atoms with E-state index in [2.05, 4.69) is 16.6 Å². The molecular weight excluding hydrogens is 623 g/mol. The van der Waals surface area contributed by atoms with Crippen LogP contribution in [0.2, 0.25) is 0 Å². The number of carbonyl (C=O) groups is 2.